The molecule has 1 N–H and O–H groups in total. The van der Waals surface area contributed by atoms with E-state index >= 15 is 0 Å². The van der Waals surface area contributed by atoms with Gasteiger partial charge in [-0.2, -0.15) is 0 Å². The number of aliphatic hydroxyl groups excluding tert-OH is 1. The van der Waals surface area contributed by atoms with Gasteiger partial charge in [0.25, 0.3) is 0 Å². The van der Waals surface area contributed by atoms with E-state index in [9.17, 15) is 4.79 Å². The molecular formula is C12H26O3. The molecule has 0 aromatic carbocycles. The van der Waals surface area contributed by atoms with Gasteiger partial charge in [0.05, 0.1) is 6.61 Å². The normalized spacial score (nSPS) is 9.07. The number of hydrogen-bond acceptors (Lipinski definition) is 3. The van der Waals surface area contributed by atoms with E-state index in [0.717, 1.165) is 12.8 Å². The van der Waals surface area contributed by atoms with Gasteiger partial charge < -0.3 is 9.84 Å². The van der Waals surface area contributed by atoms with Gasteiger partial charge in [0.1, 0.15) is 0 Å². The lowest BCUT2D eigenvalue weighted by molar-refractivity contribution is -0.143. The van der Waals surface area contributed by atoms with Gasteiger partial charge in [0, 0.05) is 13.0 Å². The lowest BCUT2D eigenvalue weighted by atomic mass is 10.1. The summed E-state index contributed by atoms with van der Waals surface area (Å²) >= 11 is 0. The number of aliphatic hydroxyl groups is 1. The molecular weight excluding hydrogens is 192 g/mol. The summed E-state index contributed by atoms with van der Waals surface area (Å²) in [6.07, 6.45) is 6.52. The van der Waals surface area contributed by atoms with Crippen LogP contribution < -0.4 is 0 Å². The predicted molar refractivity (Wildman–Crippen MR) is 62.8 cm³/mol. The van der Waals surface area contributed by atoms with Crippen molar-refractivity contribution in [3.05, 3.63) is 0 Å². The van der Waals surface area contributed by atoms with E-state index in [0.29, 0.717) is 13.0 Å². The van der Waals surface area contributed by atoms with Crippen LogP contribution in [0.25, 0.3) is 0 Å². The highest BCUT2D eigenvalue weighted by molar-refractivity contribution is 5.69. The highest BCUT2D eigenvalue weighted by Crippen LogP contribution is 2.05. The van der Waals surface area contributed by atoms with E-state index in [2.05, 4.69) is 6.92 Å². The van der Waals surface area contributed by atoms with Gasteiger partial charge in [0.15, 0.2) is 0 Å². The molecule has 0 aliphatic rings. The first-order chi connectivity index (χ1) is 7.22. The Morgan fingerprint density at radius 1 is 1.07 bits per heavy atom. The van der Waals surface area contributed by atoms with Crippen LogP contribution in [0, 0.1) is 0 Å². The zero-order valence-electron chi connectivity index (χ0n) is 10.4. The summed E-state index contributed by atoms with van der Waals surface area (Å²) in [5, 5.41) is 7.57. The molecule has 0 amide bonds. The van der Waals surface area contributed by atoms with Crippen LogP contribution in [0.5, 0.6) is 0 Å². The molecule has 0 aromatic heterocycles. The summed E-state index contributed by atoms with van der Waals surface area (Å²) in [5.74, 6) is -0.0472. The minimum atomic E-state index is -0.0472. The maximum atomic E-state index is 10.9. The van der Waals surface area contributed by atoms with Gasteiger partial charge in [0.2, 0.25) is 0 Å². The molecule has 0 atom stereocenters. The fourth-order valence-electron chi connectivity index (χ4n) is 1.11. The van der Waals surface area contributed by atoms with Crippen molar-refractivity contribution in [3.8, 4) is 0 Å². The zero-order chi connectivity index (χ0) is 11.9. The molecule has 0 spiro atoms. The molecule has 0 bridgehead atoms. The molecule has 3 nitrogen and oxygen atoms in total. The average molecular weight is 218 g/mol. The van der Waals surface area contributed by atoms with Crippen molar-refractivity contribution < 1.29 is 14.6 Å². The van der Waals surface area contributed by atoms with Crippen molar-refractivity contribution in [2.24, 2.45) is 0 Å². The molecule has 0 radical (unpaired) electrons. The second-order valence-electron chi connectivity index (χ2n) is 3.29. The van der Waals surface area contributed by atoms with Crippen molar-refractivity contribution in [2.75, 3.05) is 13.2 Å². The molecule has 3 heteroatoms. The van der Waals surface area contributed by atoms with Crippen LogP contribution in [0.15, 0.2) is 0 Å². The number of hydrogen-bond donors (Lipinski definition) is 1. The molecule has 15 heavy (non-hydrogen) atoms. The highest BCUT2D eigenvalue weighted by Gasteiger charge is 1.99. The Balaban J connectivity index is 0. The van der Waals surface area contributed by atoms with Crippen LogP contribution in [0.4, 0.5) is 0 Å². The van der Waals surface area contributed by atoms with Gasteiger partial charge in [-0.1, -0.05) is 32.6 Å². The Morgan fingerprint density at radius 3 is 2.07 bits per heavy atom. The van der Waals surface area contributed by atoms with Crippen molar-refractivity contribution >= 4 is 5.97 Å². The Kier molecular flexibility index (Phi) is 17.8. The summed E-state index contributed by atoms with van der Waals surface area (Å²) < 4.78 is 4.81. The maximum Gasteiger partial charge on any atom is 0.305 e. The number of carbonyl (C=O) groups is 1. The standard InChI is InChI=1S/C10H20O2.C2H6O/c1-3-5-6-7-8-9-10(11)12-4-2;1-2-3/h3-9H2,1-2H3;3H,2H2,1H3. The van der Waals surface area contributed by atoms with Crippen molar-refractivity contribution in [1.82, 2.24) is 0 Å². The quantitative estimate of drug-likeness (QED) is 0.528. The Bertz CT molecular complexity index is 124. The third-order valence-electron chi connectivity index (χ3n) is 1.79. The van der Waals surface area contributed by atoms with Crippen molar-refractivity contribution in [2.45, 2.75) is 59.3 Å². The topological polar surface area (TPSA) is 46.5 Å². The van der Waals surface area contributed by atoms with E-state index in [-0.39, 0.29) is 12.6 Å². The van der Waals surface area contributed by atoms with E-state index in [1.54, 1.807) is 6.92 Å². The van der Waals surface area contributed by atoms with Crippen LogP contribution in [-0.2, 0) is 9.53 Å². The first-order valence-corrected chi connectivity index (χ1v) is 5.99. The van der Waals surface area contributed by atoms with Gasteiger partial charge in [-0.3, -0.25) is 4.79 Å². The molecule has 0 aliphatic heterocycles. The van der Waals surface area contributed by atoms with E-state index < -0.39 is 0 Å². The molecule has 0 fully saturated rings. The van der Waals surface area contributed by atoms with E-state index in [1.807, 2.05) is 6.92 Å². The number of rotatable bonds is 7. The largest absolute Gasteiger partial charge is 0.466 e. The zero-order valence-corrected chi connectivity index (χ0v) is 10.4. The van der Waals surface area contributed by atoms with E-state index in [4.69, 9.17) is 9.84 Å². The first kappa shape index (κ1) is 16.8. The van der Waals surface area contributed by atoms with Crippen LogP contribution in [0.1, 0.15) is 59.3 Å². The number of esters is 1. The number of unbranched alkanes of at least 4 members (excludes halogenated alkanes) is 4. The van der Waals surface area contributed by atoms with Gasteiger partial charge in [-0.15, -0.1) is 0 Å². The highest BCUT2D eigenvalue weighted by atomic mass is 16.5. The molecule has 0 saturated heterocycles. The van der Waals surface area contributed by atoms with Gasteiger partial charge >= 0.3 is 5.97 Å². The fraction of sp³-hybridized carbons (Fsp3) is 0.917. The molecule has 0 rings (SSSR count). The van der Waals surface area contributed by atoms with Crippen LogP contribution >= 0.6 is 0 Å². The molecule has 0 aromatic rings. The molecule has 0 heterocycles. The van der Waals surface area contributed by atoms with Crippen LogP contribution in [0.2, 0.25) is 0 Å². The molecule has 0 unspecified atom stereocenters. The summed E-state index contributed by atoms with van der Waals surface area (Å²) in [7, 11) is 0. The Labute approximate surface area is 93.8 Å². The summed E-state index contributed by atoms with van der Waals surface area (Å²) in [4.78, 5) is 10.9. The summed E-state index contributed by atoms with van der Waals surface area (Å²) in [6, 6.07) is 0. The summed E-state index contributed by atoms with van der Waals surface area (Å²) in [5.41, 5.74) is 0. The lowest BCUT2D eigenvalue weighted by Crippen LogP contribution is -2.02. The average Bonchev–Trinajstić information content (AvgIpc) is 2.19. The Morgan fingerprint density at radius 2 is 1.60 bits per heavy atom. The summed E-state index contributed by atoms with van der Waals surface area (Å²) in [6.45, 7) is 6.47. The minimum Gasteiger partial charge on any atom is -0.466 e. The first-order valence-electron chi connectivity index (χ1n) is 5.99. The third kappa shape index (κ3) is 19.7. The monoisotopic (exact) mass is 218 g/mol. The second-order valence-corrected chi connectivity index (χ2v) is 3.29. The maximum absolute atomic E-state index is 10.9. The minimum absolute atomic E-state index is 0.0472. The van der Waals surface area contributed by atoms with Gasteiger partial charge in [-0.25, -0.2) is 0 Å². The number of carbonyl (C=O) groups excluding carboxylic acids is 1. The van der Waals surface area contributed by atoms with Crippen molar-refractivity contribution in [3.63, 3.8) is 0 Å². The fourth-order valence-corrected chi connectivity index (χ4v) is 1.11. The van der Waals surface area contributed by atoms with E-state index in [1.165, 1.54) is 19.3 Å². The molecule has 0 aliphatic carbocycles. The SMILES string of the molecule is CCCCCCCC(=O)OCC.CCO. The molecule has 92 valence electrons. The van der Waals surface area contributed by atoms with Gasteiger partial charge in [-0.05, 0) is 20.3 Å². The van der Waals surface area contributed by atoms with Crippen LogP contribution in [-0.4, -0.2) is 24.3 Å². The molecule has 0 saturated carbocycles. The smallest absolute Gasteiger partial charge is 0.305 e. The lowest BCUT2D eigenvalue weighted by Gasteiger charge is -2.00. The predicted octanol–water partition coefficient (Wildman–Crippen LogP) is 2.91. The number of ether oxygens (including phenoxy) is 1. The van der Waals surface area contributed by atoms with Crippen molar-refractivity contribution in [1.29, 1.82) is 0 Å². The Hall–Kier alpha value is -0.570. The second kappa shape index (κ2) is 15.9. The third-order valence-corrected chi connectivity index (χ3v) is 1.79. The van der Waals surface area contributed by atoms with Crippen LogP contribution in [0.3, 0.4) is 0 Å².